The fourth-order valence-electron chi connectivity index (χ4n) is 6.26. The predicted molar refractivity (Wildman–Crippen MR) is 157 cm³/mol. The molecule has 2 fully saturated rings. The van der Waals surface area contributed by atoms with Crippen molar-refractivity contribution in [3.63, 3.8) is 0 Å². The fourth-order valence-corrected chi connectivity index (χ4v) is 11.5. The molecule has 0 bridgehead atoms. The van der Waals surface area contributed by atoms with Crippen LogP contribution in [0.25, 0.3) is 0 Å². The van der Waals surface area contributed by atoms with Gasteiger partial charge in [0, 0.05) is 7.05 Å². The molecule has 2 aromatic rings. The second kappa shape index (κ2) is 12.5. The standard InChI is InChI=1S/C31H46NO2PS/c1-31(2,3)36(33)32(4)30(24-20-22-25(34-5)23-21-24)28-18-12-13-19-29(28)35(26-14-8-6-9-15-26)27-16-10-7-11-17-27/h12-13,18-23,26-27,30H,6-11,14-17H2,1-5H3/t30-,36-/m1/s1. The first kappa shape index (κ1) is 27.8. The van der Waals surface area contributed by atoms with Crippen molar-refractivity contribution < 1.29 is 8.95 Å². The molecule has 0 aromatic heterocycles. The van der Waals surface area contributed by atoms with Gasteiger partial charge in [-0.25, -0.2) is 8.51 Å². The van der Waals surface area contributed by atoms with E-state index in [9.17, 15) is 4.21 Å². The maximum atomic E-state index is 13.8. The molecule has 0 saturated heterocycles. The van der Waals surface area contributed by atoms with Crippen molar-refractivity contribution in [1.82, 2.24) is 4.31 Å². The number of nitrogens with zero attached hydrogens (tertiary/aromatic N) is 1. The largest absolute Gasteiger partial charge is 0.497 e. The Kier molecular flexibility index (Phi) is 9.69. The van der Waals surface area contributed by atoms with Crippen LogP contribution < -0.4 is 10.0 Å². The zero-order chi connectivity index (χ0) is 25.7. The van der Waals surface area contributed by atoms with E-state index in [1.807, 2.05) is 12.1 Å². The molecule has 2 aromatic carbocycles. The third kappa shape index (κ3) is 6.43. The lowest BCUT2D eigenvalue weighted by molar-refractivity contribution is 0.413. The van der Waals surface area contributed by atoms with E-state index in [0.717, 1.165) is 17.1 Å². The number of ether oxygens (including phenoxy) is 1. The Balaban J connectivity index is 1.83. The van der Waals surface area contributed by atoms with Gasteiger partial charge in [-0.15, -0.1) is 0 Å². The van der Waals surface area contributed by atoms with Gasteiger partial charge in [-0.3, -0.25) is 0 Å². The molecular formula is C31H46NO2PS. The summed E-state index contributed by atoms with van der Waals surface area (Å²) in [6, 6.07) is 17.6. The van der Waals surface area contributed by atoms with Crippen LogP contribution in [-0.2, 0) is 11.0 Å². The van der Waals surface area contributed by atoms with Crippen LogP contribution in [-0.4, -0.2) is 38.7 Å². The van der Waals surface area contributed by atoms with Gasteiger partial charge in [-0.2, -0.15) is 0 Å². The van der Waals surface area contributed by atoms with Crippen LogP contribution in [0.3, 0.4) is 0 Å². The highest BCUT2D eigenvalue weighted by molar-refractivity contribution is 7.84. The summed E-state index contributed by atoms with van der Waals surface area (Å²) in [5, 5.41) is 1.57. The topological polar surface area (TPSA) is 29.5 Å². The van der Waals surface area contributed by atoms with Gasteiger partial charge >= 0.3 is 0 Å². The smallest absolute Gasteiger partial charge is 0.118 e. The normalized spacial score (nSPS) is 20.0. The lowest BCUT2D eigenvalue weighted by atomic mass is 9.98. The van der Waals surface area contributed by atoms with Crippen LogP contribution >= 0.6 is 7.92 Å². The molecule has 36 heavy (non-hydrogen) atoms. The van der Waals surface area contributed by atoms with Crippen LogP contribution in [0, 0.1) is 0 Å². The maximum absolute atomic E-state index is 13.8. The first-order valence-electron chi connectivity index (χ1n) is 14.0. The minimum absolute atomic E-state index is 0.0515. The molecule has 4 rings (SSSR count). The van der Waals surface area contributed by atoms with Gasteiger partial charge in [-0.05, 0) is 86.3 Å². The molecule has 0 amide bonds. The summed E-state index contributed by atoms with van der Waals surface area (Å²) in [4.78, 5) is 0. The Bertz CT molecular complexity index is 972. The first-order valence-corrected chi connectivity index (χ1v) is 16.6. The van der Waals surface area contributed by atoms with Crippen molar-refractivity contribution in [3.8, 4) is 5.75 Å². The highest BCUT2D eigenvalue weighted by atomic mass is 32.2. The molecule has 3 nitrogen and oxygen atoms in total. The van der Waals surface area contributed by atoms with Crippen molar-refractivity contribution in [2.24, 2.45) is 0 Å². The SMILES string of the molecule is COc1ccc([C@H](c2ccccc2P(C2CCCCC2)C2CCCCC2)N(C)[S@](=O)C(C)(C)C)cc1. The third-order valence-corrected chi connectivity index (χ3v) is 13.4. The fraction of sp³-hybridized carbons (Fsp3) is 0.613. The second-order valence-electron chi connectivity index (χ2n) is 11.6. The lowest BCUT2D eigenvalue weighted by Crippen LogP contribution is -2.39. The van der Waals surface area contributed by atoms with Crippen molar-refractivity contribution in [2.75, 3.05) is 14.2 Å². The van der Waals surface area contributed by atoms with E-state index in [1.54, 1.807) is 12.4 Å². The minimum atomic E-state index is -1.14. The van der Waals surface area contributed by atoms with Gasteiger partial charge in [0.1, 0.15) is 16.7 Å². The number of benzene rings is 2. The highest BCUT2D eigenvalue weighted by Crippen LogP contribution is 2.56. The molecule has 0 N–H and O–H groups in total. The minimum Gasteiger partial charge on any atom is -0.497 e. The summed E-state index contributed by atoms with van der Waals surface area (Å²) in [5.41, 5.74) is 4.21. The molecule has 2 saturated carbocycles. The van der Waals surface area contributed by atoms with E-state index in [1.165, 1.54) is 75.3 Å². The molecule has 5 heteroatoms. The van der Waals surface area contributed by atoms with Gasteiger partial charge in [0.15, 0.2) is 0 Å². The number of rotatable bonds is 8. The van der Waals surface area contributed by atoms with Gasteiger partial charge < -0.3 is 4.74 Å². The van der Waals surface area contributed by atoms with Crippen molar-refractivity contribution in [1.29, 1.82) is 0 Å². The Morgan fingerprint density at radius 3 is 1.89 bits per heavy atom. The molecule has 0 spiro atoms. The monoisotopic (exact) mass is 527 g/mol. The van der Waals surface area contributed by atoms with Crippen LogP contribution in [0.2, 0.25) is 0 Å². The maximum Gasteiger partial charge on any atom is 0.118 e. The molecule has 2 aliphatic rings. The zero-order valence-electron chi connectivity index (χ0n) is 23.0. The molecule has 0 radical (unpaired) electrons. The molecular weight excluding hydrogens is 481 g/mol. The molecule has 0 heterocycles. The van der Waals surface area contributed by atoms with Crippen LogP contribution in [0.1, 0.15) is 102 Å². The van der Waals surface area contributed by atoms with Gasteiger partial charge in [0.2, 0.25) is 0 Å². The van der Waals surface area contributed by atoms with Crippen LogP contribution in [0.15, 0.2) is 48.5 Å². The summed E-state index contributed by atoms with van der Waals surface area (Å²) in [6.07, 6.45) is 13.9. The number of methoxy groups -OCH3 is 1. The Labute approximate surface area is 223 Å². The quantitative estimate of drug-likeness (QED) is 0.326. The average molecular weight is 528 g/mol. The van der Waals surface area contributed by atoms with Crippen LogP contribution in [0.5, 0.6) is 5.75 Å². The molecule has 198 valence electrons. The first-order chi connectivity index (χ1) is 17.3. The van der Waals surface area contributed by atoms with Gasteiger partial charge in [-0.1, -0.05) is 82.8 Å². The van der Waals surface area contributed by atoms with E-state index in [-0.39, 0.29) is 18.7 Å². The second-order valence-corrected chi connectivity index (χ2v) is 16.7. The van der Waals surface area contributed by atoms with Crippen molar-refractivity contribution in [3.05, 3.63) is 59.7 Å². The average Bonchev–Trinajstić information content (AvgIpc) is 2.90. The number of hydrogen-bond acceptors (Lipinski definition) is 2. The summed E-state index contributed by atoms with van der Waals surface area (Å²) >= 11 is 0. The van der Waals surface area contributed by atoms with E-state index in [2.05, 4.69) is 68.5 Å². The predicted octanol–water partition coefficient (Wildman–Crippen LogP) is 7.95. The zero-order valence-corrected chi connectivity index (χ0v) is 24.8. The molecule has 2 aliphatic carbocycles. The van der Waals surface area contributed by atoms with E-state index >= 15 is 0 Å². The van der Waals surface area contributed by atoms with E-state index in [0.29, 0.717) is 0 Å². The molecule has 0 unspecified atom stereocenters. The Morgan fingerprint density at radius 2 is 1.39 bits per heavy atom. The van der Waals surface area contributed by atoms with Crippen LogP contribution in [0.4, 0.5) is 0 Å². The number of hydrogen-bond donors (Lipinski definition) is 0. The van der Waals surface area contributed by atoms with Crippen molar-refractivity contribution in [2.45, 2.75) is 107 Å². The van der Waals surface area contributed by atoms with E-state index in [4.69, 9.17) is 4.74 Å². The summed E-state index contributed by atoms with van der Waals surface area (Å²) in [7, 11) is 2.36. The van der Waals surface area contributed by atoms with Crippen molar-refractivity contribution >= 4 is 24.2 Å². The summed E-state index contributed by atoms with van der Waals surface area (Å²) in [6.45, 7) is 6.23. The Morgan fingerprint density at radius 1 is 0.861 bits per heavy atom. The third-order valence-electron chi connectivity index (χ3n) is 8.03. The molecule has 0 aliphatic heterocycles. The van der Waals surface area contributed by atoms with E-state index < -0.39 is 11.0 Å². The summed E-state index contributed by atoms with van der Waals surface area (Å²) < 4.78 is 21.0. The van der Waals surface area contributed by atoms with Gasteiger partial charge in [0.05, 0.1) is 17.9 Å². The van der Waals surface area contributed by atoms with Gasteiger partial charge in [0.25, 0.3) is 0 Å². The Hall–Kier alpha value is -1.22. The lowest BCUT2D eigenvalue weighted by Gasteiger charge is -2.41. The highest BCUT2D eigenvalue weighted by Gasteiger charge is 2.37. The summed E-state index contributed by atoms with van der Waals surface area (Å²) in [5.74, 6) is 0.858. The molecule has 2 atom stereocenters.